The van der Waals surface area contributed by atoms with Crippen LogP contribution in [-0.2, 0) is 4.74 Å². The van der Waals surface area contributed by atoms with Gasteiger partial charge in [-0.15, -0.1) is 0 Å². The summed E-state index contributed by atoms with van der Waals surface area (Å²) in [7, 11) is 0. The van der Waals surface area contributed by atoms with E-state index in [2.05, 4.69) is 20.3 Å². The van der Waals surface area contributed by atoms with Crippen LogP contribution in [0.1, 0.15) is 12.8 Å². The lowest BCUT2D eigenvalue weighted by molar-refractivity contribution is -0.905. The van der Waals surface area contributed by atoms with Gasteiger partial charge in [-0.3, -0.25) is 5.32 Å². The molecule has 0 amide bonds. The Morgan fingerprint density at radius 2 is 1.96 bits per heavy atom. The summed E-state index contributed by atoms with van der Waals surface area (Å²) in [6, 6.07) is 12.3. The first-order valence-electron chi connectivity index (χ1n) is 9.09. The predicted molar refractivity (Wildman–Crippen MR) is 98.2 cm³/mol. The molecule has 3 fully saturated rings. The van der Waals surface area contributed by atoms with Crippen molar-refractivity contribution in [1.29, 1.82) is 0 Å². The van der Waals surface area contributed by atoms with Crippen molar-refractivity contribution in [3.05, 3.63) is 47.9 Å². The molecule has 7 heteroatoms. The Morgan fingerprint density at radius 3 is 2.73 bits per heavy atom. The molecule has 1 spiro atoms. The number of nitrogens with one attached hydrogen (secondary N) is 1. The molecule has 1 aromatic heterocycles. The lowest BCUT2D eigenvalue weighted by Crippen LogP contribution is -2.67. The largest absolute Gasteiger partial charge is 0.633 e. The van der Waals surface area contributed by atoms with Crippen LogP contribution in [0.15, 0.2) is 47.7 Å². The molecule has 6 rings (SSSR count). The lowest BCUT2D eigenvalue weighted by Gasteiger charge is -2.58. The summed E-state index contributed by atoms with van der Waals surface area (Å²) in [6.07, 6.45) is 3.39. The van der Waals surface area contributed by atoms with Crippen LogP contribution >= 0.6 is 0 Å². The second kappa shape index (κ2) is 5.75. The van der Waals surface area contributed by atoms with Gasteiger partial charge in [0.2, 0.25) is 0 Å². The molecule has 1 N–H and O–H groups in total. The fourth-order valence-electron chi connectivity index (χ4n) is 4.46. The van der Waals surface area contributed by atoms with E-state index in [0.717, 1.165) is 24.1 Å². The molecule has 4 aliphatic rings. The number of hydroxylamine groups is 3. The monoisotopic (exact) mass is 351 g/mol. The van der Waals surface area contributed by atoms with E-state index in [4.69, 9.17) is 4.74 Å². The van der Waals surface area contributed by atoms with Crippen LogP contribution in [0.5, 0.6) is 0 Å². The first-order chi connectivity index (χ1) is 12.6. The second-order valence-electron chi connectivity index (χ2n) is 7.51. The molecular formula is C19H21N5O2. The molecular weight excluding hydrogens is 330 g/mol. The maximum Gasteiger partial charge on any atom is 0.291 e. The Morgan fingerprint density at radius 1 is 1.15 bits per heavy atom. The fraction of sp³-hybridized carbons (Fsp3) is 0.421. The number of rotatable bonds is 2. The average Bonchev–Trinajstić information content (AvgIpc) is 3.04. The van der Waals surface area contributed by atoms with Crippen LogP contribution in [0.2, 0.25) is 0 Å². The number of aromatic nitrogens is 2. The van der Waals surface area contributed by atoms with Gasteiger partial charge in [0.1, 0.15) is 18.7 Å². The van der Waals surface area contributed by atoms with Crippen molar-refractivity contribution < 1.29 is 9.38 Å². The third kappa shape index (κ3) is 2.64. The highest BCUT2D eigenvalue weighted by Gasteiger charge is 2.56. The molecule has 5 heterocycles. The predicted octanol–water partition coefficient (Wildman–Crippen LogP) is 2.42. The van der Waals surface area contributed by atoms with Gasteiger partial charge in [0, 0.05) is 30.4 Å². The van der Waals surface area contributed by atoms with Crippen molar-refractivity contribution in [2.75, 3.05) is 31.5 Å². The van der Waals surface area contributed by atoms with Crippen LogP contribution in [0.25, 0.3) is 11.3 Å². The Kier molecular flexibility index (Phi) is 3.48. The summed E-state index contributed by atoms with van der Waals surface area (Å²) in [5, 5.41) is 15.9. The minimum atomic E-state index is -0.435. The van der Waals surface area contributed by atoms with E-state index in [1.54, 1.807) is 0 Å². The van der Waals surface area contributed by atoms with Crippen molar-refractivity contribution in [2.24, 2.45) is 10.9 Å². The number of quaternary nitrogens is 1. The lowest BCUT2D eigenvalue weighted by atomic mass is 9.75. The Hall–Kier alpha value is -2.51. The highest BCUT2D eigenvalue weighted by atomic mass is 16.6. The third-order valence-corrected chi connectivity index (χ3v) is 5.83. The van der Waals surface area contributed by atoms with Gasteiger partial charge in [0.05, 0.1) is 25.3 Å². The summed E-state index contributed by atoms with van der Waals surface area (Å²) in [6.45, 7) is 2.49. The zero-order valence-corrected chi connectivity index (χ0v) is 14.5. The molecule has 0 radical (unpaired) electrons. The number of amidine groups is 1. The Balaban J connectivity index is 1.33. The topological polar surface area (TPSA) is 82.5 Å². The fourth-order valence-corrected chi connectivity index (χ4v) is 4.46. The quantitative estimate of drug-likeness (QED) is 0.664. The van der Waals surface area contributed by atoms with Gasteiger partial charge in [-0.1, -0.05) is 30.3 Å². The van der Waals surface area contributed by atoms with Gasteiger partial charge in [-0.25, -0.2) is 15.0 Å². The zero-order valence-electron chi connectivity index (χ0n) is 14.5. The molecule has 7 nitrogen and oxygen atoms in total. The molecule has 1 atom stereocenters. The molecule has 0 saturated carbocycles. The molecule has 1 aromatic carbocycles. The van der Waals surface area contributed by atoms with Crippen LogP contribution in [0.3, 0.4) is 0 Å². The molecule has 3 saturated heterocycles. The summed E-state index contributed by atoms with van der Waals surface area (Å²) >= 11 is 0. The number of piperidine rings is 3. The van der Waals surface area contributed by atoms with Gasteiger partial charge in [-0.05, 0) is 0 Å². The van der Waals surface area contributed by atoms with Gasteiger partial charge < -0.3 is 14.6 Å². The molecule has 26 heavy (non-hydrogen) atoms. The number of hydrogen-bond acceptors (Lipinski definition) is 6. The summed E-state index contributed by atoms with van der Waals surface area (Å²) in [5.41, 5.74) is 1.43. The van der Waals surface area contributed by atoms with Crippen molar-refractivity contribution >= 4 is 11.8 Å². The van der Waals surface area contributed by atoms with Crippen molar-refractivity contribution in [3.8, 4) is 11.3 Å². The Bertz CT molecular complexity index is 848. The van der Waals surface area contributed by atoms with E-state index >= 15 is 0 Å². The molecule has 134 valence electrons. The first kappa shape index (κ1) is 15.7. The molecule has 2 aromatic rings. The zero-order chi connectivity index (χ0) is 17.6. The molecule has 2 bridgehead atoms. The van der Waals surface area contributed by atoms with E-state index in [-0.39, 0.29) is 4.65 Å². The smallest absolute Gasteiger partial charge is 0.291 e. The van der Waals surface area contributed by atoms with Gasteiger partial charge in [-0.2, -0.15) is 0 Å². The van der Waals surface area contributed by atoms with Gasteiger partial charge >= 0.3 is 0 Å². The van der Waals surface area contributed by atoms with E-state index in [0.29, 0.717) is 43.9 Å². The van der Waals surface area contributed by atoms with Crippen molar-refractivity contribution in [2.45, 2.75) is 18.4 Å². The number of aliphatic imine (C=N–C) groups is 1. The van der Waals surface area contributed by atoms with Crippen molar-refractivity contribution in [1.82, 2.24) is 9.97 Å². The number of ether oxygens (including phenoxy) is 1. The SMILES string of the molecule is [O-][N+]12CCC(CC1)[C@]1(CN=C(Nc3cc(-c4ccccc4)ncn3)O1)C2. The number of fused-ring (bicyclic) bond motifs is 2. The molecule has 0 aliphatic carbocycles. The third-order valence-electron chi connectivity index (χ3n) is 5.83. The first-order valence-corrected chi connectivity index (χ1v) is 9.09. The van der Waals surface area contributed by atoms with E-state index in [1.165, 1.54) is 6.33 Å². The summed E-state index contributed by atoms with van der Waals surface area (Å²) < 4.78 is 6.07. The highest BCUT2D eigenvalue weighted by Crippen LogP contribution is 2.44. The maximum absolute atomic E-state index is 12.7. The molecule has 4 aliphatic heterocycles. The van der Waals surface area contributed by atoms with Crippen LogP contribution in [-0.4, -0.2) is 52.4 Å². The second-order valence-corrected chi connectivity index (χ2v) is 7.51. The van der Waals surface area contributed by atoms with Gasteiger partial charge in [0.25, 0.3) is 6.02 Å². The average molecular weight is 351 g/mol. The summed E-state index contributed by atoms with van der Waals surface area (Å²) in [4.78, 5) is 13.1. The van der Waals surface area contributed by atoms with E-state index in [9.17, 15) is 5.21 Å². The molecule has 0 unspecified atom stereocenters. The van der Waals surface area contributed by atoms with E-state index in [1.807, 2.05) is 36.4 Å². The number of nitrogens with zero attached hydrogens (tertiary/aromatic N) is 4. The van der Waals surface area contributed by atoms with Crippen LogP contribution < -0.4 is 5.32 Å². The normalized spacial score (nSPS) is 32.3. The number of benzene rings is 1. The van der Waals surface area contributed by atoms with Crippen LogP contribution in [0, 0.1) is 11.1 Å². The number of hydrogen-bond donors (Lipinski definition) is 1. The highest BCUT2D eigenvalue weighted by molar-refractivity contribution is 5.90. The Labute approximate surface area is 151 Å². The van der Waals surface area contributed by atoms with Crippen molar-refractivity contribution in [3.63, 3.8) is 0 Å². The van der Waals surface area contributed by atoms with Gasteiger partial charge in [0.15, 0.2) is 5.60 Å². The van der Waals surface area contributed by atoms with Crippen LogP contribution in [0.4, 0.5) is 5.82 Å². The van der Waals surface area contributed by atoms with E-state index < -0.39 is 5.60 Å². The minimum Gasteiger partial charge on any atom is -0.633 e. The number of anilines is 1. The summed E-state index contributed by atoms with van der Waals surface area (Å²) in [5.74, 6) is 1.06. The minimum absolute atomic E-state index is 0.134. The standard InChI is InChI=1S/C19H21N5O2/c25-24-8-6-15(7-9-24)19(12-24)11-20-18(26-19)23-17-10-16(21-13-22-17)14-4-2-1-3-5-14/h1-5,10,13,15H,6-9,11-12H2,(H,20,21,22,23)/t15?,19-,24?/m0/s1. The maximum atomic E-state index is 12.7.